The summed E-state index contributed by atoms with van der Waals surface area (Å²) in [6.45, 7) is 2.70. The molecular weight excluding hydrogens is 216 g/mol. The quantitative estimate of drug-likeness (QED) is 0.862. The van der Waals surface area contributed by atoms with Crippen LogP contribution in [-0.4, -0.2) is 27.3 Å². The molecule has 0 aliphatic heterocycles. The minimum Gasteiger partial charge on any atom is -0.394 e. The number of rotatable bonds is 3. The molecule has 92 valence electrons. The number of ketones is 1. The van der Waals surface area contributed by atoms with Crippen LogP contribution >= 0.6 is 0 Å². The van der Waals surface area contributed by atoms with Crippen LogP contribution in [0.2, 0.25) is 0 Å². The van der Waals surface area contributed by atoms with Gasteiger partial charge in [0.25, 0.3) is 0 Å². The summed E-state index contributed by atoms with van der Waals surface area (Å²) >= 11 is 0. The Hall–Kier alpha value is -1.16. The topological polar surface area (TPSA) is 55.1 Å². The summed E-state index contributed by atoms with van der Waals surface area (Å²) in [7, 11) is 0. The van der Waals surface area contributed by atoms with Gasteiger partial charge < -0.3 is 5.11 Å². The summed E-state index contributed by atoms with van der Waals surface area (Å²) in [6.07, 6.45) is 3.88. The van der Waals surface area contributed by atoms with E-state index in [-0.39, 0.29) is 12.4 Å². The van der Waals surface area contributed by atoms with Crippen molar-refractivity contribution in [1.29, 1.82) is 0 Å². The number of aromatic nitrogens is 2. The van der Waals surface area contributed by atoms with Gasteiger partial charge >= 0.3 is 0 Å². The van der Waals surface area contributed by atoms with Gasteiger partial charge in [0.1, 0.15) is 0 Å². The predicted octanol–water partition coefficient (Wildman–Crippen LogP) is 1.52. The number of hydrogen-bond acceptors (Lipinski definition) is 3. The molecule has 4 nitrogen and oxygen atoms in total. The van der Waals surface area contributed by atoms with Crippen LogP contribution in [0.1, 0.15) is 53.8 Å². The second kappa shape index (κ2) is 3.95. The van der Waals surface area contributed by atoms with E-state index in [1.165, 1.54) is 0 Å². The van der Waals surface area contributed by atoms with Gasteiger partial charge in [-0.15, -0.1) is 0 Å². The highest BCUT2D eigenvalue weighted by molar-refractivity contribution is 5.99. The number of hydrogen-bond donors (Lipinski definition) is 1. The van der Waals surface area contributed by atoms with Gasteiger partial charge in [0.2, 0.25) is 0 Å². The third kappa shape index (κ3) is 1.80. The Bertz CT molecular complexity index is 460. The summed E-state index contributed by atoms with van der Waals surface area (Å²) in [4.78, 5) is 12.2. The number of aliphatic hydroxyl groups is 1. The van der Waals surface area contributed by atoms with Gasteiger partial charge in [-0.25, -0.2) is 0 Å². The molecule has 0 spiro atoms. The first-order valence-corrected chi connectivity index (χ1v) is 6.44. The van der Waals surface area contributed by atoms with Crippen LogP contribution in [0.3, 0.4) is 0 Å². The van der Waals surface area contributed by atoms with Gasteiger partial charge in [0.15, 0.2) is 5.78 Å². The van der Waals surface area contributed by atoms with E-state index in [1.54, 1.807) is 0 Å². The summed E-state index contributed by atoms with van der Waals surface area (Å²) in [5.74, 6) is 1.15. The number of aliphatic hydroxyl groups excluding tert-OH is 1. The molecule has 1 saturated carbocycles. The number of carbonyl (C=O) groups excluding carboxylic acids is 1. The van der Waals surface area contributed by atoms with Gasteiger partial charge in [-0.3, -0.25) is 9.48 Å². The number of Topliss-reactive ketones (excluding diaryl/α,β-unsaturated/α-hetero) is 1. The Morgan fingerprint density at radius 3 is 2.82 bits per heavy atom. The molecule has 1 aromatic rings. The van der Waals surface area contributed by atoms with Gasteiger partial charge in [-0.05, 0) is 25.2 Å². The van der Waals surface area contributed by atoms with E-state index in [2.05, 4.69) is 12.0 Å². The Balaban J connectivity index is 2.07. The third-order valence-electron chi connectivity index (χ3n) is 3.72. The van der Waals surface area contributed by atoms with Crippen molar-refractivity contribution in [3.05, 3.63) is 17.0 Å². The number of carbonyl (C=O) groups is 1. The molecule has 1 atom stereocenters. The van der Waals surface area contributed by atoms with Crippen molar-refractivity contribution in [2.45, 2.75) is 45.1 Å². The Labute approximate surface area is 101 Å². The van der Waals surface area contributed by atoms with Gasteiger partial charge in [-0.1, -0.05) is 6.92 Å². The molecule has 3 rings (SSSR count). The van der Waals surface area contributed by atoms with Crippen molar-refractivity contribution in [2.24, 2.45) is 5.92 Å². The fourth-order valence-electron chi connectivity index (χ4n) is 2.77. The van der Waals surface area contributed by atoms with E-state index in [0.29, 0.717) is 24.8 Å². The van der Waals surface area contributed by atoms with E-state index in [9.17, 15) is 4.79 Å². The van der Waals surface area contributed by atoms with Crippen molar-refractivity contribution >= 4 is 5.78 Å². The Kier molecular flexibility index (Phi) is 2.54. The lowest BCUT2D eigenvalue weighted by atomic mass is 9.86. The van der Waals surface area contributed by atoms with E-state index in [1.807, 2.05) is 4.68 Å². The maximum Gasteiger partial charge on any atom is 0.166 e. The predicted molar refractivity (Wildman–Crippen MR) is 63.1 cm³/mol. The van der Waals surface area contributed by atoms with Gasteiger partial charge in [0.05, 0.1) is 24.4 Å². The Morgan fingerprint density at radius 2 is 2.18 bits per heavy atom. The Morgan fingerprint density at radius 1 is 1.41 bits per heavy atom. The fraction of sp³-hybridized carbons (Fsp3) is 0.692. The van der Waals surface area contributed by atoms with Crippen LogP contribution in [0.15, 0.2) is 0 Å². The van der Waals surface area contributed by atoms with E-state index in [4.69, 9.17) is 5.11 Å². The van der Waals surface area contributed by atoms with Crippen LogP contribution < -0.4 is 0 Å². The molecule has 0 saturated heterocycles. The molecule has 0 bridgehead atoms. The fourth-order valence-corrected chi connectivity index (χ4v) is 2.77. The maximum atomic E-state index is 12.2. The largest absolute Gasteiger partial charge is 0.394 e. The lowest BCUT2D eigenvalue weighted by Gasteiger charge is -2.19. The molecule has 4 heteroatoms. The molecule has 17 heavy (non-hydrogen) atoms. The van der Waals surface area contributed by atoms with Crippen LogP contribution in [0.5, 0.6) is 0 Å². The maximum absolute atomic E-state index is 12.2. The lowest BCUT2D eigenvalue weighted by molar-refractivity contribution is 0.0951. The minimum atomic E-state index is 0.0841. The first kappa shape index (κ1) is 11.0. The van der Waals surface area contributed by atoms with Gasteiger partial charge in [0, 0.05) is 18.0 Å². The van der Waals surface area contributed by atoms with E-state index in [0.717, 1.165) is 36.2 Å². The van der Waals surface area contributed by atoms with Crippen LogP contribution in [0, 0.1) is 5.92 Å². The van der Waals surface area contributed by atoms with Crippen molar-refractivity contribution in [3.63, 3.8) is 0 Å². The summed E-state index contributed by atoms with van der Waals surface area (Å²) in [5.41, 5.74) is 2.95. The van der Waals surface area contributed by atoms with Crippen molar-refractivity contribution < 1.29 is 9.90 Å². The zero-order chi connectivity index (χ0) is 12.0. The second-order valence-electron chi connectivity index (χ2n) is 5.36. The van der Waals surface area contributed by atoms with Crippen molar-refractivity contribution in [1.82, 2.24) is 9.78 Å². The lowest BCUT2D eigenvalue weighted by Crippen LogP contribution is -2.21. The van der Waals surface area contributed by atoms with Crippen molar-refractivity contribution in [2.75, 3.05) is 6.61 Å². The summed E-state index contributed by atoms with van der Waals surface area (Å²) in [6, 6.07) is 0. The molecule has 0 amide bonds. The highest BCUT2D eigenvalue weighted by atomic mass is 16.3. The smallest absolute Gasteiger partial charge is 0.166 e. The molecule has 1 fully saturated rings. The van der Waals surface area contributed by atoms with Crippen LogP contribution in [0.25, 0.3) is 0 Å². The molecule has 2 aliphatic carbocycles. The molecule has 2 aliphatic rings. The summed E-state index contributed by atoms with van der Waals surface area (Å²) < 4.78 is 1.86. The molecule has 1 N–H and O–H groups in total. The zero-order valence-electron chi connectivity index (χ0n) is 10.1. The SMILES string of the molecule is CC1CC(=O)c2c(C3CC3)nn(CCO)c2C1. The standard InChI is InChI=1S/C13H18N2O2/c1-8-6-10-12(11(17)7-8)13(9-2-3-9)14-15(10)4-5-16/h8-9,16H,2-7H2,1H3. The van der Waals surface area contributed by atoms with E-state index >= 15 is 0 Å². The number of fused-ring (bicyclic) bond motifs is 1. The summed E-state index contributed by atoms with van der Waals surface area (Å²) in [5, 5.41) is 13.6. The molecular formula is C13H18N2O2. The first-order chi connectivity index (χ1) is 8.20. The van der Waals surface area contributed by atoms with Crippen LogP contribution in [-0.2, 0) is 13.0 Å². The average Bonchev–Trinajstić information content (AvgIpc) is 3.04. The molecule has 0 aromatic carbocycles. The normalized spacial score (nSPS) is 23.9. The minimum absolute atomic E-state index is 0.0841. The highest BCUT2D eigenvalue weighted by Crippen LogP contribution is 2.43. The molecule has 0 radical (unpaired) electrons. The molecule has 1 unspecified atom stereocenters. The zero-order valence-corrected chi connectivity index (χ0v) is 10.1. The average molecular weight is 234 g/mol. The van der Waals surface area contributed by atoms with E-state index < -0.39 is 0 Å². The molecule has 1 aromatic heterocycles. The van der Waals surface area contributed by atoms with Crippen LogP contribution in [0.4, 0.5) is 0 Å². The second-order valence-corrected chi connectivity index (χ2v) is 5.36. The van der Waals surface area contributed by atoms with Crippen molar-refractivity contribution in [3.8, 4) is 0 Å². The monoisotopic (exact) mass is 234 g/mol. The third-order valence-corrected chi connectivity index (χ3v) is 3.72. The van der Waals surface area contributed by atoms with Gasteiger partial charge in [-0.2, -0.15) is 5.10 Å². The highest BCUT2D eigenvalue weighted by Gasteiger charge is 2.36. The first-order valence-electron chi connectivity index (χ1n) is 6.44. The number of nitrogens with zero attached hydrogens (tertiary/aromatic N) is 2. The molecule has 1 heterocycles.